The van der Waals surface area contributed by atoms with Crippen LogP contribution in [0.1, 0.15) is 44.2 Å². The summed E-state index contributed by atoms with van der Waals surface area (Å²) in [5.74, 6) is 1.89. The maximum absolute atomic E-state index is 6.11. The van der Waals surface area contributed by atoms with Crippen molar-refractivity contribution < 1.29 is 4.74 Å². The number of rotatable bonds is 7. The molecule has 1 atom stereocenters. The van der Waals surface area contributed by atoms with Gasteiger partial charge in [-0.15, -0.1) is 0 Å². The Hall–Kier alpha value is -0.730. The summed E-state index contributed by atoms with van der Waals surface area (Å²) in [5, 5.41) is 4.32. The van der Waals surface area contributed by atoms with Crippen LogP contribution in [0.15, 0.2) is 18.2 Å². The lowest BCUT2D eigenvalue weighted by molar-refractivity contribution is 0.393. The van der Waals surface area contributed by atoms with Crippen molar-refractivity contribution >= 4 is 11.6 Å². The van der Waals surface area contributed by atoms with Crippen LogP contribution >= 0.6 is 11.6 Å². The van der Waals surface area contributed by atoms with E-state index in [9.17, 15) is 0 Å². The second-order valence-corrected chi connectivity index (χ2v) is 5.45. The fraction of sp³-hybridized carbons (Fsp3) is 0.600. The van der Waals surface area contributed by atoms with Gasteiger partial charge in [0.05, 0.1) is 7.11 Å². The zero-order valence-corrected chi connectivity index (χ0v) is 12.0. The van der Waals surface area contributed by atoms with E-state index >= 15 is 0 Å². The second kappa shape index (κ2) is 6.44. The van der Waals surface area contributed by atoms with Crippen LogP contribution in [0.25, 0.3) is 0 Å². The zero-order valence-electron chi connectivity index (χ0n) is 11.2. The molecule has 0 radical (unpaired) electrons. The summed E-state index contributed by atoms with van der Waals surface area (Å²) in [4.78, 5) is 0. The Morgan fingerprint density at radius 2 is 2.22 bits per heavy atom. The Labute approximate surface area is 115 Å². The number of halogens is 1. The first-order valence-corrected chi connectivity index (χ1v) is 7.19. The lowest BCUT2D eigenvalue weighted by Crippen LogP contribution is -2.21. The zero-order chi connectivity index (χ0) is 13.0. The highest BCUT2D eigenvalue weighted by atomic mass is 35.5. The van der Waals surface area contributed by atoms with Gasteiger partial charge in [-0.3, -0.25) is 0 Å². The molecule has 1 aliphatic rings. The van der Waals surface area contributed by atoms with E-state index in [1.54, 1.807) is 7.11 Å². The van der Waals surface area contributed by atoms with Crippen molar-refractivity contribution in [1.82, 2.24) is 5.32 Å². The van der Waals surface area contributed by atoms with Gasteiger partial charge in [0.25, 0.3) is 0 Å². The molecule has 0 heterocycles. The molecule has 1 saturated carbocycles. The highest BCUT2D eigenvalue weighted by Crippen LogP contribution is 2.37. The fourth-order valence-corrected chi connectivity index (χ4v) is 2.58. The molecule has 0 amide bonds. The number of benzene rings is 1. The normalized spacial score (nSPS) is 16.6. The summed E-state index contributed by atoms with van der Waals surface area (Å²) in [5.41, 5.74) is 1.19. The Morgan fingerprint density at radius 3 is 2.83 bits per heavy atom. The Kier molecular flexibility index (Phi) is 4.90. The van der Waals surface area contributed by atoms with Crippen LogP contribution in [0.2, 0.25) is 5.02 Å². The van der Waals surface area contributed by atoms with Gasteiger partial charge in [0, 0.05) is 16.6 Å². The van der Waals surface area contributed by atoms with Crippen molar-refractivity contribution in [3.63, 3.8) is 0 Å². The molecule has 2 rings (SSSR count). The lowest BCUT2D eigenvalue weighted by atomic mass is 9.99. The van der Waals surface area contributed by atoms with E-state index in [0.717, 1.165) is 29.7 Å². The highest BCUT2D eigenvalue weighted by Gasteiger charge is 2.24. The van der Waals surface area contributed by atoms with Gasteiger partial charge in [0.15, 0.2) is 0 Å². The van der Waals surface area contributed by atoms with E-state index in [0.29, 0.717) is 6.04 Å². The van der Waals surface area contributed by atoms with E-state index in [1.165, 1.54) is 24.8 Å². The minimum Gasteiger partial charge on any atom is -0.496 e. The SMILES string of the molecule is CCNC(CCC1CC1)c1cc(Cl)ccc1OC. The second-order valence-electron chi connectivity index (χ2n) is 5.02. The molecule has 0 bridgehead atoms. The summed E-state index contributed by atoms with van der Waals surface area (Å²) < 4.78 is 5.45. The van der Waals surface area contributed by atoms with Gasteiger partial charge in [-0.1, -0.05) is 31.4 Å². The number of methoxy groups -OCH3 is 1. The number of hydrogen-bond donors (Lipinski definition) is 1. The molecule has 1 aliphatic carbocycles. The van der Waals surface area contributed by atoms with Gasteiger partial charge >= 0.3 is 0 Å². The first kappa shape index (κ1) is 13.7. The number of hydrogen-bond acceptors (Lipinski definition) is 2. The standard InChI is InChI=1S/C15H22ClNO/c1-3-17-14(8-6-11-4-5-11)13-10-12(16)7-9-15(13)18-2/h7,9-11,14,17H,3-6,8H2,1-2H3. The predicted molar refractivity (Wildman–Crippen MR) is 76.4 cm³/mol. The van der Waals surface area contributed by atoms with Gasteiger partial charge in [-0.2, -0.15) is 0 Å². The quantitative estimate of drug-likeness (QED) is 0.800. The molecule has 1 unspecified atom stereocenters. The average molecular weight is 268 g/mol. The molecule has 2 nitrogen and oxygen atoms in total. The topological polar surface area (TPSA) is 21.3 Å². The van der Waals surface area contributed by atoms with Crippen molar-refractivity contribution in [2.75, 3.05) is 13.7 Å². The molecular formula is C15H22ClNO. The molecule has 18 heavy (non-hydrogen) atoms. The van der Waals surface area contributed by atoms with E-state index in [-0.39, 0.29) is 0 Å². The minimum atomic E-state index is 0.351. The highest BCUT2D eigenvalue weighted by molar-refractivity contribution is 6.30. The Bertz CT molecular complexity index is 390. The average Bonchev–Trinajstić information content (AvgIpc) is 3.18. The molecule has 0 spiro atoms. The van der Waals surface area contributed by atoms with Gasteiger partial charge in [-0.05, 0) is 43.5 Å². The molecule has 3 heteroatoms. The van der Waals surface area contributed by atoms with Crippen molar-refractivity contribution in [3.8, 4) is 5.75 Å². The third kappa shape index (κ3) is 3.63. The minimum absolute atomic E-state index is 0.351. The molecule has 1 aromatic carbocycles. The van der Waals surface area contributed by atoms with Crippen molar-refractivity contribution in [3.05, 3.63) is 28.8 Å². The van der Waals surface area contributed by atoms with Crippen LogP contribution in [0, 0.1) is 5.92 Å². The molecule has 0 aromatic heterocycles. The molecule has 0 saturated heterocycles. The maximum Gasteiger partial charge on any atom is 0.123 e. The fourth-order valence-electron chi connectivity index (χ4n) is 2.40. The maximum atomic E-state index is 6.11. The monoisotopic (exact) mass is 267 g/mol. The summed E-state index contributed by atoms with van der Waals surface area (Å²) in [6.07, 6.45) is 5.28. The van der Waals surface area contributed by atoms with Crippen LogP contribution in [0.3, 0.4) is 0 Å². The van der Waals surface area contributed by atoms with Crippen LogP contribution in [-0.2, 0) is 0 Å². The summed E-state index contributed by atoms with van der Waals surface area (Å²) >= 11 is 6.11. The van der Waals surface area contributed by atoms with Crippen LogP contribution in [0.4, 0.5) is 0 Å². The number of ether oxygens (including phenoxy) is 1. The summed E-state index contributed by atoms with van der Waals surface area (Å²) in [6, 6.07) is 6.22. The molecule has 0 aliphatic heterocycles. The Morgan fingerprint density at radius 1 is 1.44 bits per heavy atom. The molecule has 1 N–H and O–H groups in total. The largest absolute Gasteiger partial charge is 0.496 e. The molecular weight excluding hydrogens is 246 g/mol. The summed E-state index contributed by atoms with van der Waals surface area (Å²) in [6.45, 7) is 3.10. The predicted octanol–water partition coefficient (Wildman–Crippen LogP) is 4.19. The summed E-state index contributed by atoms with van der Waals surface area (Å²) in [7, 11) is 1.72. The van der Waals surface area contributed by atoms with Crippen molar-refractivity contribution in [1.29, 1.82) is 0 Å². The molecule has 1 aromatic rings. The van der Waals surface area contributed by atoms with E-state index < -0.39 is 0 Å². The molecule has 1 fully saturated rings. The number of nitrogens with one attached hydrogen (secondary N) is 1. The van der Waals surface area contributed by atoms with Gasteiger partial charge in [-0.25, -0.2) is 0 Å². The van der Waals surface area contributed by atoms with Gasteiger partial charge in [0.2, 0.25) is 0 Å². The van der Waals surface area contributed by atoms with Crippen LogP contribution in [-0.4, -0.2) is 13.7 Å². The van der Waals surface area contributed by atoms with E-state index in [1.807, 2.05) is 18.2 Å². The third-order valence-corrected chi connectivity index (χ3v) is 3.81. The van der Waals surface area contributed by atoms with Crippen LogP contribution in [0.5, 0.6) is 5.75 Å². The van der Waals surface area contributed by atoms with Crippen LogP contribution < -0.4 is 10.1 Å². The first-order valence-electron chi connectivity index (χ1n) is 6.81. The first-order chi connectivity index (χ1) is 8.74. The Balaban J connectivity index is 2.13. The third-order valence-electron chi connectivity index (χ3n) is 3.58. The van der Waals surface area contributed by atoms with E-state index in [4.69, 9.17) is 16.3 Å². The lowest BCUT2D eigenvalue weighted by Gasteiger charge is -2.21. The van der Waals surface area contributed by atoms with E-state index in [2.05, 4.69) is 12.2 Å². The molecule has 100 valence electrons. The van der Waals surface area contributed by atoms with Crippen molar-refractivity contribution in [2.45, 2.75) is 38.6 Å². The van der Waals surface area contributed by atoms with Crippen molar-refractivity contribution in [2.24, 2.45) is 5.92 Å². The van der Waals surface area contributed by atoms with Gasteiger partial charge in [0.1, 0.15) is 5.75 Å². The van der Waals surface area contributed by atoms with Gasteiger partial charge < -0.3 is 10.1 Å². The smallest absolute Gasteiger partial charge is 0.123 e.